The van der Waals surface area contributed by atoms with Crippen LogP contribution in [0.5, 0.6) is 0 Å². The highest BCUT2D eigenvalue weighted by atomic mass is 16.4. The number of aliphatic carboxylic acids is 1. The van der Waals surface area contributed by atoms with Gasteiger partial charge in [-0.15, -0.1) is 0 Å². The van der Waals surface area contributed by atoms with Gasteiger partial charge in [-0.3, -0.25) is 10.1 Å². The van der Waals surface area contributed by atoms with Crippen LogP contribution in [0.1, 0.15) is 55.7 Å². The van der Waals surface area contributed by atoms with E-state index in [0.717, 1.165) is 25.7 Å². The van der Waals surface area contributed by atoms with E-state index in [1.54, 1.807) is 0 Å². The quantitative estimate of drug-likeness (QED) is 0.468. The summed E-state index contributed by atoms with van der Waals surface area (Å²) in [6, 6.07) is 32.0. The lowest BCUT2D eigenvalue weighted by atomic mass is 9.71. The number of nitrogens with one attached hydrogen (secondary N) is 1. The van der Waals surface area contributed by atoms with E-state index >= 15 is 0 Å². The fourth-order valence-corrected chi connectivity index (χ4v) is 5.12. The van der Waals surface area contributed by atoms with Gasteiger partial charge in [0.05, 0.1) is 5.54 Å². The Bertz CT molecular complexity index is 881. The molecule has 1 fully saturated rings. The monoisotopic (exact) mass is 413 g/mol. The summed E-state index contributed by atoms with van der Waals surface area (Å²) in [6.45, 7) is 2.30. The summed E-state index contributed by atoms with van der Waals surface area (Å²) in [5.41, 5.74) is 3.04. The van der Waals surface area contributed by atoms with Crippen molar-refractivity contribution in [2.75, 3.05) is 0 Å². The minimum Gasteiger partial charge on any atom is -0.481 e. The minimum atomic E-state index is -0.686. The van der Waals surface area contributed by atoms with Gasteiger partial charge in [-0.05, 0) is 55.2 Å². The number of carboxylic acid groups (broad SMARTS) is 1. The molecule has 0 unspecified atom stereocenters. The summed E-state index contributed by atoms with van der Waals surface area (Å²) in [5.74, 6) is -0.416. The van der Waals surface area contributed by atoms with Gasteiger partial charge in [-0.1, -0.05) is 91.0 Å². The minimum absolute atomic E-state index is 0.101. The molecule has 0 atom stereocenters. The Hall–Kier alpha value is -2.91. The Morgan fingerprint density at radius 3 is 1.58 bits per heavy atom. The highest BCUT2D eigenvalue weighted by Crippen LogP contribution is 2.42. The van der Waals surface area contributed by atoms with Crippen LogP contribution in [0.3, 0.4) is 0 Å². The summed E-state index contributed by atoms with van der Waals surface area (Å²) < 4.78 is 0. The smallest absolute Gasteiger partial charge is 0.303 e. The van der Waals surface area contributed by atoms with E-state index in [9.17, 15) is 9.90 Å². The number of rotatable bonds is 7. The maximum Gasteiger partial charge on any atom is 0.303 e. The molecular formula is C28H31NO2. The highest BCUT2D eigenvalue weighted by Gasteiger charge is 2.43. The van der Waals surface area contributed by atoms with Gasteiger partial charge in [0.1, 0.15) is 0 Å². The van der Waals surface area contributed by atoms with Gasteiger partial charge in [-0.25, -0.2) is 0 Å². The molecule has 3 nitrogen and oxygen atoms in total. The summed E-state index contributed by atoms with van der Waals surface area (Å²) in [6.07, 6.45) is 4.06. The van der Waals surface area contributed by atoms with Crippen molar-refractivity contribution in [3.05, 3.63) is 108 Å². The molecule has 4 rings (SSSR count). The zero-order valence-corrected chi connectivity index (χ0v) is 18.1. The van der Waals surface area contributed by atoms with Crippen LogP contribution in [0.25, 0.3) is 0 Å². The first-order valence-corrected chi connectivity index (χ1v) is 11.2. The van der Waals surface area contributed by atoms with Crippen molar-refractivity contribution in [3.63, 3.8) is 0 Å². The molecule has 0 saturated heterocycles. The second kappa shape index (κ2) is 9.07. The maximum atomic E-state index is 11.2. The standard InChI is InChI=1S/C28H31NO2/c1-27(19-17-22(18-20-27)21-26(30)31)29-28(23-11-5-2-6-12-23,24-13-7-3-8-14-24)25-15-9-4-10-16-25/h2-16,22,29H,17-21H2,1H3,(H,30,31). The normalized spacial score (nSPS) is 21.5. The molecule has 0 aliphatic heterocycles. The van der Waals surface area contributed by atoms with E-state index in [1.165, 1.54) is 16.7 Å². The predicted molar refractivity (Wildman–Crippen MR) is 125 cm³/mol. The molecule has 0 aromatic heterocycles. The Morgan fingerprint density at radius 2 is 1.23 bits per heavy atom. The second-order valence-corrected chi connectivity index (χ2v) is 9.07. The van der Waals surface area contributed by atoms with E-state index in [-0.39, 0.29) is 17.9 Å². The van der Waals surface area contributed by atoms with Crippen molar-refractivity contribution in [1.29, 1.82) is 0 Å². The van der Waals surface area contributed by atoms with Crippen molar-refractivity contribution in [1.82, 2.24) is 5.32 Å². The van der Waals surface area contributed by atoms with Crippen LogP contribution >= 0.6 is 0 Å². The Morgan fingerprint density at radius 1 is 0.839 bits per heavy atom. The lowest BCUT2D eigenvalue weighted by Crippen LogP contribution is -2.57. The third kappa shape index (κ3) is 4.57. The SMILES string of the molecule is CC1(NC(c2ccccc2)(c2ccccc2)c2ccccc2)CCC(CC(=O)O)CC1. The van der Waals surface area contributed by atoms with Crippen molar-refractivity contribution in [2.24, 2.45) is 5.92 Å². The topological polar surface area (TPSA) is 49.3 Å². The zero-order chi connectivity index (χ0) is 21.7. The van der Waals surface area contributed by atoms with E-state index in [2.05, 4.69) is 103 Å². The number of carboxylic acids is 1. The molecule has 31 heavy (non-hydrogen) atoms. The molecular weight excluding hydrogens is 382 g/mol. The molecule has 3 aromatic rings. The first-order valence-electron chi connectivity index (χ1n) is 11.2. The molecule has 0 bridgehead atoms. The van der Waals surface area contributed by atoms with Crippen LogP contribution in [0, 0.1) is 5.92 Å². The van der Waals surface area contributed by atoms with Crippen LogP contribution in [-0.2, 0) is 10.3 Å². The highest BCUT2D eigenvalue weighted by molar-refractivity contribution is 5.67. The molecule has 1 aliphatic rings. The first kappa shape index (κ1) is 21.3. The third-order valence-electron chi connectivity index (χ3n) is 6.78. The van der Waals surface area contributed by atoms with Gasteiger partial charge in [0.15, 0.2) is 0 Å². The molecule has 160 valence electrons. The fourth-order valence-electron chi connectivity index (χ4n) is 5.12. The predicted octanol–water partition coefficient (Wildman–Crippen LogP) is 5.99. The van der Waals surface area contributed by atoms with Crippen molar-refractivity contribution in [2.45, 2.75) is 50.1 Å². The average molecular weight is 414 g/mol. The van der Waals surface area contributed by atoms with Gasteiger partial charge >= 0.3 is 5.97 Å². The lowest BCUT2D eigenvalue weighted by Gasteiger charge is -2.47. The van der Waals surface area contributed by atoms with Gasteiger partial charge in [0.2, 0.25) is 0 Å². The van der Waals surface area contributed by atoms with E-state index in [0.29, 0.717) is 0 Å². The molecule has 0 spiro atoms. The van der Waals surface area contributed by atoms with E-state index in [4.69, 9.17) is 0 Å². The van der Waals surface area contributed by atoms with Gasteiger partial charge in [-0.2, -0.15) is 0 Å². The Balaban J connectivity index is 1.79. The Kier molecular flexibility index (Phi) is 6.24. The second-order valence-electron chi connectivity index (χ2n) is 9.07. The average Bonchev–Trinajstić information content (AvgIpc) is 2.81. The largest absolute Gasteiger partial charge is 0.481 e. The van der Waals surface area contributed by atoms with Gasteiger partial charge < -0.3 is 5.11 Å². The molecule has 0 amide bonds. The number of hydrogen-bond acceptors (Lipinski definition) is 2. The molecule has 0 radical (unpaired) electrons. The molecule has 2 N–H and O–H groups in total. The van der Waals surface area contributed by atoms with Crippen LogP contribution < -0.4 is 5.32 Å². The summed E-state index contributed by atoms with van der Waals surface area (Å²) in [5, 5.41) is 13.3. The summed E-state index contributed by atoms with van der Waals surface area (Å²) >= 11 is 0. The molecule has 1 aliphatic carbocycles. The van der Waals surface area contributed by atoms with E-state index < -0.39 is 11.5 Å². The van der Waals surface area contributed by atoms with Crippen molar-refractivity contribution < 1.29 is 9.90 Å². The van der Waals surface area contributed by atoms with Crippen molar-refractivity contribution in [3.8, 4) is 0 Å². The number of benzene rings is 3. The maximum absolute atomic E-state index is 11.2. The van der Waals surface area contributed by atoms with Gasteiger partial charge in [0.25, 0.3) is 0 Å². The molecule has 3 aromatic carbocycles. The third-order valence-corrected chi connectivity index (χ3v) is 6.78. The van der Waals surface area contributed by atoms with Crippen LogP contribution in [-0.4, -0.2) is 16.6 Å². The molecule has 3 heteroatoms. The van der Waals surface area contributed by atoms with Crippen LogP contribution in [0.15, 0.2) is 91.0 Å². The number of hydrogen-bond donors (Lipinski definition) is 2. The van der Waals surface area contributed by atoms with E-state index in [1.807, 2.05) is 0 Å². The fraction of sp³-hybridized carbons (Fsp3) is 0.321. The summed E-state index contributed by atoms with van der Waals surface area (Å²) in [4.78, 5) is 11.2. The first-order chi connectivity index (χ1) is 15.0. The van der Waals surface area contributed by atoms with Gasteiger partial charge in [0, 0.05) is 12.0 Å². The lowest BCUT2D eigenvalue weighted by molar-refractivity contribution is -0.138. The van der Waals surface area contributed by atoms with Crippen molar-refractivity contribution >= 4 is 5.97 Å². The molecule has 0 heterocycles. The number of carbonyl (C=O) groups is 1. The van der Waals surface area contributed by atoms with Crippen LogP contribution in [0.2, 0.25) is 0 Å². The van der Waals surface area contributed by atoms with Crippen LogP contribution in [0.4, 0.5) is 0 Å². The zero-order valence-electron chi connectivity index (χ0n) is 18.1. The summed E-state index contributed by atoms with van der Waals surface area (Å²) in [7, 11) is 0. The molecule has 1 saturated carbocycles. The Labute approximate surface area is 185 Å².